The molecule has 8 nitrogen and oxygen atoms in total. The number of hydrogen-bond acceptors (Lipinski definition) is 7. The summed E-state index contributed by atoms with van der Waals surface area (Å²) in [5.41, 5.74) is 0.220. The fourth-order valence-corrected chi connectivity index (χ4v) is 4.42. The van der Waals surface area contributed by atoms with E-state index in [2.05, 4.69) is 4.74 Å². The summed E-state index contributed by atoms with van der Waals surface area (Å²) in [6.45, 7) is 0.870. The number of carbonyl (C=O) groups is 2. The summed E-state index contributed by atoms with van der Waals surface area (Å²) in [6, 6.07) is 8.58. The molecule has 0 atom stereocenters. The highest BCUT2D eigenvalue weighted by atomic mass is 32.2. The Bertz CT molecular complexity index is 941. The molecule has 1 aromatic carbocycles. The maximum absolute atomic E-state index is 12.6. The van der Waals surface area contributed by atoms with Crippen LogP contribution >= 0.6 is 0 Å². The van der Waals surface area contributed by atoms with Gasteiger partial charge in [0.1, 0.15) is 12.4 Å². The zero-order valence-corrected chi connectivity index (χ0v) is 16.2. The molecule has 0 aliphatic carbocycles. The lowest BCUT2D eigenvalue weighted by Gasteiger charge is -2.25. The molecule has 3 rings (SSSR count). The Kier molecular flexibility index (Phi) is 6.15. The molecule has 0 bridgehead atoms. The first-order valence-electron chi connectivity index (χ1n) is 8.86. The van der Waals surface area contributed by atoms with Gasteiger partial charge in [-0.25, -0.2) is 18.0 Å². The van der Waals surface area contributed by atoms with Crippen LogP contribution in [0.2, 0.25) is 0 Å². The Labute approximate surface area is 163 Å². The van der Waals surface area contributed by atoms with Crippen LogP contribution in [0.15, 0.2) is 45.7 Å². The second-order valence-corrected chi connectivity index (χ2v) is 8.26. The SMILES string of the molecule is COC(=O)c1ccc(COC(=O)c2ccc(S(=O)(=O)N3CCCCC3)cc2)o1. The van der Waals surface area contributed by atoms with Gasteiger partial charge in [-0.3, -0.25) is 0 Å². The van der Waals surface area contributed by atoms with Gasteiger partial charge in [0, 0.05) is 13.1 Å². The standard InChI is InChI=1S/C19H21NO7S/c1-25-19(22)17-10-7-15(27-17)13-26-18(21)14-5-8-16(9-6-14)28(23,24)20-11-3-2-4-12-20/h5-10H,2-4,11-13H2,1H3. The smallest absolute Gasteiger partial charge is 0.373 e. The highest BCUT2D eigenvalue weighted by molar-refractivity contribution is 7.89. The second kappa shape index (κ2) is 8.57. The minimum atomic E-state index is -3.55. The van der Waals surface area contributed by atoms with Crippen molar-refractivity contribution in [3.8, 4) is 0 Å². The third kappa shape index (κ3) is 4.42. The number of ether oxygens (including phenoxy) is 2. The minimum absolute atomic E-state index is 0.0146. The number of esters is 2. The lowest BCUT2D eigenvalue weighted by Crippen LogP contribution is -2.35. The first-order valence-corrected chi connectivity index (χ1v) is 10.3. The summed E-state index contributed by atoms with van der Waals surface area (Å²) in [5, 5.41) is 0. The quantitative estimate of drug-likeness (QED) is 0.678. The molecule has 1 saturated heterocycles. The van der Waals surface area contributed by atoms with E-state index in [0.717, 1.165) is 19.3 Å². The van der Waals surface area contributed by atoms with Crippen molar-refractivity contribution in [1.29, 1.82) is 0 Å². The molecule has 0 spiro atoms. The Morgan fingerprint density at radius 3 is 2.32 bits per heavy atom. The number of carbonyl (C=O) groups excluding carboxylic acids is 2. The van der Waals surface area contributed by atoms with Gasteiger partial charge in [-0.2, -0.15) is 4.31 Å². The van der Waals surface area contributed by atoms with E-state index in [-0.39, 0.29) is 28.6 Å². The molecule has 0 radical (unpaired) electrons. The van der Waals surface area contributed by atoms with Gasteiger partial charge in [-0.05, 0) is 49.2 Å². The van der Waals surface area contributed by atoms with Crippen LogP contribution < -0.4 is 0 Å². The zero-order valence-electron chi connectivity index (χ0n) is 15.4. The third-order valence-corrected chi connectivity index (χ3v) is 6.35. The van der Waals surface area contributed by atoms with Crippen molar-refractivity contribution in [3.05, 3.63) is 53.5 Å². The number of sulfonamides is 1. The van der Waals surface area contributed by atoms with Gasteiger partial charge in [0.05, 0.1) is 17.6 Å². The highest BCUT2D eigenvalue weighted by Gasteiger charge is 2.26. The van der Waals surface area contributed by atoms with E-state index >= 15 is 0 Å². The summed E-state index contributed by atoms with van der Waals surface area (Å²) in [4.78, 5) is 23.7. The molecule has 0 amide bonds. The van der Waals surface area contributed by atoms with Crippen molar-refractivity contribution in [2.75, 3.05) is 20.2 Å². The van der Waals surface area contributed by atoms with Gasteiger partial charge in [0.25, 0.3) is 0 Å². The van der Waals surface area contributed by atoms with E-state index in [4.69, 9.17) is 9.15 Å². The fraction of sp³-hybridized carbons (Fsp3) is 0.368. The first-order chi connectivity index (χ1) is 13.4. The van der Waals surface area contributed by atoms with Crippen molar-refractivity contribution in [2.45, 2.75) is 30.8 Å². The Morgan fingerprint density at radius 2 is 1.68 bits per heavy atom. The Morgan fingerprint density at radius 1 is 1.00 bits per heavy atom. The van der Waals surface area contributed by atoms with E-state index in [1.807, 2.05) is 0 Å². The largest absolute Gasteiger partial charge is 0.463 e. The summed E-state index contributed by atoms with van der Waals surface area (Å²) in [7, 11) is -2.31. The number of nitrogens with zero attached hydrogens (tertiary/aromatic N) is 1. The average molecular weight is 407 g/mol. The van der Waals surface area contributed by atoms with Gasteiger partial charge in [-0.1, -0.05) is 6.42 Å². The van der Waals surface area contributed by atoms with E-state index in [0.29, 0.717) is 13.1 Å². The summed E-state index contributed by atoms with van der Waals surface area (Å²) in [5.74, 6) is -0.945. The van der Waals surface area contributed by atoms with Gasteiger partial charge in [0.15, 0.2) is 0 Å². The molecule has 1 aliphatic rings. The number of rotatable bonds is 6. The molecule has 150 valence electrons. The van der Waals surface area contributed by atoms with Crippen molar-refractivity contribution in [1.82, 2.24) is 4.31 Å². The number of furan rings is 1. The Balaban J connectivity index is 1.62. The lowest BCUT2D eigenvalue weighted by molar-refractivity contribution is 0.0438. The predicted molar refractivity (Wildman–Crippen MR) is 98.2 cm³/mol. The van der Waals surface area contributed by atoms with E-state index in [1.165, 1.54) is 47.8 Å². The average Bonchev–Trinajstić information content (AvgIpc) is 3.21. The van der Waals surface area contributed by atoms with Crippen molar-refractivity contribution in [3.63, 3.8) is 0 Å². The second-order valence-electron chi connectivity index (χ2n) is 6.32. The molecule has 0 saturated carbocycles. The number of methoxy groups -OCH3 is 1. The van der Waals surface area contributed by atoms with Crippen molar-refractivity contribution >= 4 is 22.0 Å². The van der Waals surface area contributed by atoms with Crippen LogP contribution in [0.5, 0.6) is 0 Å². The van der Waals surface area contributed by atoms with Crippen LogP contribution in [0.3, 0.4) is 0 Å². The van der Waals surface area contributed by atoms with Crippen LogP contribution in [-0.2, 0) is 26.1 Å². The van der Waals surface area contributed by atoms with E-state index in [1.54, 1.807) is 0 Å². The van der Waals surface area contributed by atoms with Crippen LogP contribution in [-0.4, -0.2) is 44.9 Å². The fourth-order valence-electron chi connectivity index (χ4n) is 2.90. The zero-order chi connectivity index (χ0) is 20.1. The van der Waals surface area contributed by atoms with Crippen molar-refractivity contribution in [2.24, 2.45) is 0 Å². The minimum Gasteiger partial charge on any atom is -0.463 e. The van der Waals surface area contributed by atoms with Crippen LogP contribution in [0.25, 0.3) is 0 Å². The first kappa shape index (κ1) is 20.1. The molecule has 0 N–H and O–H groups in total. The van der Waals surface area contributed by atoms with Crippen LogP contribution in [0.4, 0.5) is 0 Å². The van der Waals surface area contributed by atoms with Crippen LogP contribution in [0.1, 0.15) is 45.9 Å². The maximum Gasteiger partial charge on any atom is 0.373 e. The van der Waals surface area contributed by atoms with Gasteiger partial charge in [-0.15, -0.1) is 0 Å². The molecular weight excluding hydrogens is 386 g/mol. The molecule has 0 unspecified atom stereocenters. The molecule has 2 aromatic rings. The highest BCUT2D eigenvalue weighted by Crippen LogP contribution is 2.21. The third-order valence-electron chi connectivity index (χ3n) is 4.44. The molecule has 1 aliphatic heterocycles. The number of piperidine rings is 1. The monoisotopic (exact) mass is 407 g/mol. The topological polar surface area (TPSA) is 103 Å². The van der Waals surface area contributed by atoms with E-state index < -0.39 is 22.0 Å². The van der Waals surface area contributed by atoms with Gasteiger partial charge in [0.2, 0.25) is 15.8 Å². The number of hydrogen-bond donors (Lipinski definition) is 0. The molecule has 1 fully saturated rings. The molecule has 2 heterocycles. The van der Waals surface area contributed by atoms with Crippen LogP contribution in [0, 0.1) is 0 Å². The molecular formula is C19H21NO7S. The van der Waals surface area contributed by atoms with Gasteiger partial charge < -0.3 is 13.9 Å². The van der Waals surface area contributed by atoms with Gasteiger partial charge >= 0.3 is 11.9 Å². The van der Waals surface area contributed by atoms with Crippen molar-refractivity contribution < 1.29 is 31.9 Å². The summed E-state index contributed by atoms with van der Waals surface area (Å²) >= 11 is 0. The maximum atomic E-state index is 12.6. The van der Waals surface area contributed by atoms with E-state index in [9.17, 15) is 18.0 Å². The summed E-state index contributed by atoms with van der Waals surface area (Å²) < 4.78 is 41.6. The molecule has 1 aromatic heterocycles. The normalized spacial score (nSPS) is 15.2. The number of benzene rings is 1. The Hall–Kier alpha value is -2.65. The molecule has 9 heteroatoms. The summed E-state index contributed by atoms with van der Waals surface area (Å²) in [6.07, 6.45) is 2.75. The lowest BCUT2D eigenvalue weighted by atomic mass is 10.2. The predicted octanol–water partition coefficient (Wildman–Crippen LogP) is 2.60. The molecule has 28 heavy (non-hydrogen) atoms.